The number of aryl methyl sites for hydroxylation is 1. The number of hydrogen-bond acceptors (Lipinski definition) is 8. The monoisotopic (exact) mass is 449 g/mol. The van der Waals surface area contributed by atoms with Crippen LogP contribution in [0.5, 0.6) is 17.2 Å². The molecule has 2 heterocycles. The van der Waals surface area contributed by atoms with Crippen LogP contribution in [0.2, 0.25) is 0 Å². The van der Waals surface area contributed by atoms with Gasteiger partial charge in [-0.05, 0) is 49.4 Å². The number of nitrogens with zero attached hydrogens (tertiary/aromatic N) is 4. The summed E-state index contributed by atoms with van der Waals surface area (Å²) in [6.45, 7) is 6.51. The summed E-state index contributed by atoms with van der Waals surface area (Å²) in [4.78, 5) is 13.5. The number of anilines is 3. The normalized spacial score (nSPS) is 14.1. The first-order valence-corrected chi connectivity index (χ1v) is 11.0. The van der Waals surface area contributed by atoms with Gasteiger partial charge in [0.2, 0.25) is 5.95 Å². The zero-order valence-corrected chi connectivity index (χ0v) is 19.7. The second-order valence-electron chi connectivity index (χ2n) is 8.19. The lowest BCUT2D eigenvalue weighted by Gasteiger charge is -2.34. The van der Waals surface area contributed by atoms with Crippen LogP contribution in [-0.2, 0) is 6.61 Å². The second kappa shape index (κ2) is 10.4. The molecule has 0 amide bonds. The van der Waals surface area contributed by atoms with Crippen LogP contribution in [-0.4, -0.2) is 62.3 Å². The van der Waals surface area contributed by atoms with Gasteiger partial charge in [-0.15, -0.1) is 0 Å². The van der Waals surface area contributed by atoms with E-state index in [4.69, 9.17) is 14.2 Å². The molecular formula is C25H31N5O3. The lowest BCUT2D eigenvalue weighted by Crippen LogP contribution is -2.44. The predicted octanol–water partition coefficient (Wildman–Crippen LogP) is 3.88. The highest BCUT2D eigenvalue weighted by Gasteiger charge is 2.18. The number of piperazine rings is 1. The fraction of sp³-hybridized carbons (Fsp3) is 0.360. The van der Waals surface area contributed by atoms with Gasteiger partial charge >= 0.3 is 0 Å². The Labute approximate surface area is 195 Å². The molecule has 1 aliphatic heterocycles. The number of nitrogens with one attached hydrogen (secondary N) is 1. The van der Waals surface area contributed by atoms with Crippen LogP contribution in [0.3, 0.4) is 0 Å². The molecule has 1 aliphatic rings. The van der Waals surface area contributed by atoms with Gasteiger partial charge in [-0.3, -0.25) is 0 Å². The molecule has 0 saturated carbocycles. The molecule has 1 N–H and O–H groups in total. The van der Waals surface area contributed by atoms with Crippen LogP contribution in [0.15, 0.2) is 48.8 Å². The van der Waals surface area contributed by atoms with Gasteiger partial charge in [0.05, 0.1) is 32.3 Å². The first-order valence-electron chi connectivity index (χ1n) is 11.0. The summed E-state index contributed by atoms with van der Waals surface area (Å²) >= 11 is 0. The Balaban J connectivity index is 1.38. The van der Waals surface area contributed by atoms with Crippen molar-refractivity contribution in [3.8, 4) is 17.2 Å². The number of likely N-dealkylation sites (N-methyl/N-ethyl adjacent to an activating group) is 1. The van der Waals surface area contributed by atoms with Gasteiger partial charge in [0.15, 0.2) is 5.75 Å². The van der Waals surface area contributed by atoms with Crippen molar-refractivity contribution in [2.75, 3.05) is 57.7 Å². The van der Waals surface area contributed by atoms with Crippen molar-refractivity contribution in [2.24, 2.45) is 0 Å². The van der Waals surface area contributed by atoms with E-state index in [1.54, 1.807) is 26.6 Å². The van der Waals surface area contributed by atoms with E-state index < -0.39 is 0 Å². The number of hydrogen-bond donors (Lipinski definition) is 1. The fourth-order valence-corrected chi connectivity index (χ4v) is 3.84. The van der Waals surface area contributed by atoms with E-state index in [9.17, 15) is 0 Å². The van der Waals surface area contributed by atoms with Crippen LogP contribution in [0.25, 0.3) is 0 Å². The van der Waals surface area contributed by atoms with Gasteiger partial charge in [-0.25, -0.2) is 9.97 Å². The van der Waals surface area contributed by atoms with Crippen molar-refractivity contribution in [2.45, 2.75) is 13.5 Å². The zero-order chi connectivity index (χ0) is 23.2. The molecular weight excluding hydrogens is 418 g/mol. The summed E-state index contributed by atoms with van der Waals surface area (Å²) in [7, 11) is 5.51. The lowest BCUT2D eigenvalue weighted by atomic mass is 10.1. The third-order valence-corrected chi connectivity index (χ3v) is 5.66. The minimum absolute atomic E-state index is 0.416. The summed E-state index contributed by atoms with van der Waals surface area (Å²) < 4.78 is 16.8. The minimum atomic E-state index is 0.416. The molecule has 1 fully saturated rings. The quantitative estimate of drug-likeness (QED) is 0.556. The maximum absolute atomic E-state index is 5.84. The molecule has 8 nitrogen and oxygen atoms in total. The van der Waals surface area contributed by atoms with Gasteiger partial charge in [0, 0.05) is 37.9 Å². The summed E-state index contributed by atoms with van der Waals surface area (Å²) in [6.07, 6.45) is 3.33. The van der Waals surface area contributed by atoms with E-state index in [0.29, 0.717) is 18.3 Å². The predicted molar refractivity (Wildman–Crippen MR) is 130 cm³/mol. The number of benzene rings is 2. The van der Waals surface area contributed by atoms with Gasteiger partial charge in [0.25, 0.3) is 0 Å². The molecule has 0 bridgehead atoms. The molecule has 0 aliphatic carbocycles. The number of aromatic nitrogens is 2. The van der Waals surface area contributed by atoms with Crippen molar-refractivity contribution in [3.63, 3.8) is 0 Å². The van der Waals surface area contributed by atoms with E-state index in [1.807, 2.05) is 31.2 Å². The first-order chi connectivity index (χ1) is 16.0. The van der Waals surface area contributed by atoms with E-state index in [-0.39, 0.29) is 0 Å². The van der Waals surface area contributed by atoms with Crippen LogP contribution in [0.4, 0.5) is 17.3 Å². The Morgan fingerprint density at radius 2 is 1.67 bits per heavy atom. The summed E-state index contributed by atoms with van der Waals surface area (Å²) in [5.74, 6) is 2.74. The maximum Gasteiger partial charge on any atom is 0.227 e. The summed E-state index contributed by atoms with van der Waals surface area (Å²) in [5.41, 5.74) is 4.12. The standard InChI is InChI=1S/C25H31N5O3/c1-18-11-19(13-21(12-18)31-3)17-33-22-15-26-25(27-16-22)28-20-5-6-23(24(14-20)32-4)30-9-7-29(2)8-10-30/h5-6,11-16H,7-10,17H2,1-4H3,(H,26,27,28). The molecule has 0 atom stereocenters. The topological polar surface area (TPSA) is 72.0 Å². The highest BCUT2D eigenvalue weighted by atomic mass is 16.5. The van der Waals surface area contributed by atoms with Crippen LogP contribution >= 0.6 is 0 Å². The number of ether oxygens (including phenoxy) is 3. The van der Waals surface area contributed by atoms with E-state index in [1.165, 1.54) is 0 Å². The first kappa shape index (κ1) is 22.7. The van der Waals surface area contributed by atoms with E-state index >= 15 is 0 Å². The number of methoxy groups -OCH3 is 2. The maximum atomic E-state index is 5.84. The summed E-state index contributed by atoms with van der Waals surface area (Å²) in [5, 5.41) is 3.24. The zero-order valence-electron chi connectivity index (χ0n) is 19.7. The van der Waals surface area contributed by atoms with Gasteiger partial charge in [0.1, 0.15) is 18.1 Å². The third-order valence-electron chi connectivity index (χ3n) is 5.66. The molecule has 2 aromatic carbocycles. The van der Waals surface area contributed by atoms with Crippen LogP contribution < -0.4 is 24.4 Å². The largest absolute Gasteiger partial charge is 0.497 e. The van der Waals surface area contributed by atoms with Crippen LogP contribution in [0.1, 0.15) is 11.1 Å². The van der Waals surface area contributed by atoms with Crippen molar-refractivity contribution < 1.29 is 14.2 Å². The average molecular weight is 450 g/mol. The van der Waals surface area contributed by atoms with Gasteiger partial charge in [-0.1, -0.05) is 6.07 Å². The molecule has 0 unspecified atom stereocenters. The Bertz CT molecular complexity index is 1070. The molecule has 1 aromatic heterocycles. The molecule has 0 radical (unpaired) electrons. The molecule has 8 heteroatoms. The molecule has 4 rings (SSSR count). The van der Waals surface area contributed by atoms with Crippen LogP contribution in [0, 0.1) is 6.92 Å². The molecule has 1 saturated heterocycles. The Kier molecular flexibility index (Phi) is 7.14. The van der Waals surface area contributed by atoms with E-state index in [2.05, 4.69) is 44.3 Å². The minimum Gasteiger partial charge on any atom is -0.497 e. The smallest absolute Gasteiger partial charge is 0.227 e. The molecule has 33 heavy (non-hydrogen) atoms. The van der Waals surface area contributed by atoms with Crippen molar-refractivity contribution in [3.05, 3.63) is 59.9 Å². The molecule has 174 valence electrons. The average Bonchev–Trinajstić information content (AvgIpc) is 2.84. The third kappa shape index (κ3) is 5.84. The van der Waals surface area contributed by atoms with Crippen molar-refractivity contribution in [1.82, 2.24) is 14.9 Å². The molecule has 3 aromatic rings. The van der Waals surface area contributed by atoms with Gasteiger partial charge < -0.3 is 29.3 Å². The Morgan fingerprint density at radius 1 is 0.909 bits per heavy atom. The van der Waals surface area contributed by atoms with Crippen molar-refractivity contribution in [1.29, 1.82) is 0 Å². The number of rotatable bonds is 8. The SMILES string of the molecule is COc1cc(C)cc(COc2cnc(Nc3ccc(N4CCN(C)CC4)c(OC)c3)nc2)c1. The van der Waals surface area contributed by atoms with Gasteiger partial charge in [-0.2, -0.15) is 0 Å². The van der Waals surface area contributed by atoms with Crippen molar-refractivity contribution >= 4 is 17.3 Å². The Hall–Kier alpha value is -3.52. The highest BCUT2D eigenvalue weighted by molar-refractivity contribution is 5.67. The Morgan fingerprint density at radius 3 is 2.36 bits per heavy atom. The van der Waals surface area contributed by atoms with E-state index in [0.717, 1.165) is 60.2 Å². The molecule has 0 spiro atoms. The highest BCUT2D eigenvalue weighted by Crippen LogP contribution is 2.32. The summed E-state index contributed by atoms with van der Waals surface area (Å²) in [6, 6.07) is 12.1. The fourth-order valence-electron chi connectivity index (χ4n) is 3.84. The second-order valence-corrected chi connectivity index (χ2v) is 8.19. The lowest BCUT2D eigenvalue weighted by molar-refractivity contribution is 0.302.